The van der Waals surface area contributed by atoms with E-state index < -0.39 is 74.2 Å². The summed E-state index contributed by atoms with van der Waals surface area (Å²) in [6.45, 7) is 12.6. The van der Waals surface area contributed by atoms with Crippen LogP contribution in [-0.2, 0) is 23.7 Å². The van der Waals surface area contributed by atoms with Crippen molar-refractivity contribution in [3.63, 3.8) is 0 Å². The lowest BCUT2D eigenvalue weighted by atomic mass is 9.30. The zero-order valence-electron chi connectivity index (χ0n) is 32.6. The molecule has 0 amide bonds. The van der Waals surface area contributed by atoms with Crippen molar-refractivity contribution in [2.24, 2.45) is 16.2 Å². The predicted molar refractivity (Wildman–Crippen MR) is 189 cm³/mol. The summed E-state index contributed by atoms with van der Waals surface area (Å²) in [5, 5.41) is 32.8. The number of alkyl halides is 3. The average Bonchev–Trinajstić information content (AvgIpc) is 3.79. The summed E-state index contributed by atoms with van der Waals surface area (Å²) in [6.07, 6.45) is 7.96. The minimum atomic E-state index is -4.88. The van der Waals surface area contributed by atoms with Crippen LogP contribution in [0.15, 0.2) is 12.2 Å². The highest BCUT2D eigenvalue weighted by Gasteiger charge is 2.81. The molecule has 7 aliphatic carbocycles. The molecule has 8 nitrogen and oxygen atoms in total. The highest BCUT2D eigenvalue weighted by molar-refractivity contribution is 5.87. The standard InChI is InChI=1S/C41H65F3O8/c1-29(2)30(45)52-37-23-34(38(14-8-9-15-38)49-26-31(3,4)46)20-35(24-37,39(16-10-11-17-39)50-27-32(5,6)47)22-36(21-34,25-37)40(18-12-13-19-40)51-28-33(7,48)41(42,43)44/h46-48H,1,8-28H2,2-7H3. The molecular weight excluding hydrogens is 677 g/mol. The van der Waals surface area contributed by atoms with Crippen LogP contribution in [0.4, 0.5) is 13.2 Å². The van der Waals surface area contributed by atoms with Gasteiger partial charge in [-0.1, -0.05) is 45.1 Å². The van der Waals surface area contributed by atoms with Crippen molar-refractivity contribution in [1.29, 1.82) is 0 Å². The Morgan fingerprint density at radius 2 is 0.904 bits per heavy atom. The average molecular weight is 743 g/mol. The molecule has 298 valence electrons. The van der Waals surface area contributed by atoms with Crippen LogP contribution in [0.1, 0.15) is 157 Å². The maximum Gasteiger partial charge on any atom is 0.419 e. The number of carbonyl (C=O) groups is 1. The Hall–Kier alpha value is -1.24. The molecule has 0 saturated heterocycles. The fraction of sp³-hybridized carbons (Fsp3) is 0.927. The first-order valence-electron chi connectivity index (χ1n) is 19.9. The molecule has 0 aliphatic heterocycles. The molecule has 0 aromatic carbocycles. The first-order valence-corrected chi connectivity index (χ1v) is 19.9. The van der Waals surface area contributed by atoms with Crippen LogP contribution >= 0.6 is 0 Å². The monoisotopic (exact) mass is 742 g/mol. The molecule has 3 atom stereocenters. The highest BCUT2D eigenvalue weighted by Crippen LogP contribution is 2.82. The molecule has 0 spiro atoms. The highest BCUT2D eigenvalue weighted by atomic mass is 19.4. The van der Waals surface area contributed by atoms with E-state index in [4.69, 9.17) is 18.9 Å². The lowest BCUT2D eigenvalue weighted by Gasteiger charge is -2.77. The third kappa shape index (κ3) is 6.81. The molecule has 0 heterocycles. The van der Waals surface area contributed by atoms with Crippen LogP contribution in [0.2, 0.25) is 0 Å². The van der Waals surface area contributed by atoms with E-state index in [1.54, 1.807) is 34.6 Å². The van der Waals surface area contributed by atoms with Gasteiger partial charge in [0.15, 0.2) is 5.60 Å². The lowest BCUT2D eigenvalue weighted by Crippen LogP contribution is -2.77. The predicted octanol–water partition coefficient (Wildman–Crippen LogP) is 8.03. The summed E-state index contributed by atoms with van der Waals surface area (Å²) in [5.41, 5.74) is -10.3. The number of carbonyl (C=O) groups excluding carboxylic acids is 1. The molecule has 0 aromatic heterocycles. The number of hydrogen-bond acceptors (Lipinski definition) is 8. The van der Waals surface area contributed by atoms with Gasteiger partial charge in [-0.3, -0.25) is 0 Å². The number of hydrogen-bond donors (Lipinski definition) is 3. The summed E-state index contributed by atoms with van der Waals surface area (Å²) >= 11 is 0. The number of rotatable bonds is 14. The minimum Gasteiger partial charge on any atom is -0.456 e. The SMILES string of the molecule is C=C(C)C(=O)OC12CC3(C4(OCC(C)(C)O)CCCC4)CC(C4(OCC(C)(C)O)CCCC4)(C1)CC(C1(OCC(C)(O)C(F)(F)F)CCCC1)(C2)C3. The Morgan fingerprint density at radius 3 is 1.17 bits per heavy atom. The van der Waals surface area contributed by atoms with E-state index in [2.05, 4.69) is 6.58 Å². The molecule has 7 rings (SSSR count). The number of esters is 1. The Balaban J connectivity index is 1.59. The zero-order chi connectivity index (χ0) is 38.3. The molecule has 7 aliphatic rings. The third-order valence-electron chi connectivity index (χ3n) is 14.4. The quantitative estimate of drug-likeness (QED) is 0.121. The molecule has 52 heavy (non-hydrogen) atoms. The molecule has 4 bridgehead atoms. The minimum absolute atomic E-state index is 0.115. The van der Waals surface area contributed by atoms with E-state index in [1.807, 2.05) is 0 Å². The van der Waals surface area contributed by atoms with Crippen molar-refractivity contribution in [1.82, 2.24) is 0 Å². The maximum atomic E-state index is 14.2. The van der Waals surface area contributed by atoms with E-state index >= 15 is 0 Å². The first kappa shape index (κ1) is 40.4. The van der Waals surface area contributed by atoms with E-state index in [0.29, 0.717) is 44.9 Å². The number of halogens is 3. The molecule has 11 heteroatoms. The number of aliphatic hydroxyl groups is 3. The van der Waals surface area contributed by atoms with Crippen LogP contribution in [0.25, 0.3) is 0 Å². The molecule has 3 N–H and O–H groups in total. The van der Waals surface area contributed by atoms with Crippen molar-refractivity contribution < 1.29 is 52.2 Å². The Labute approximate surface area is 308 Å². The Kier molecular flexibility index (Phi) is 10.0. The van der Waals surface area contributed by atoms with E-state index in [0.717, 1.165) is 77.6 Å². The van der Waals surface area contributed by atoms with Gasteiger partial charge < -0.3 is 34.3 Å². The lowest BCUT2D eigenvalue weighted by molar-refractivity contribution is -0.361. The van der Waals surface area contributed by atoms with Gasteiger partial charge in [-0.25, -0.2) is 4.79 Å². The molecule has 7 saturated carbocycles. The summed E-state index contributed by atoms with van der Waals surface area (Å²) in [5.74, 6) is -0.487. The van der Waals surface area contributed by atoms with Gasteiger partial charge in [0.2, 0.25) is 0 Å². The fourth-order valence-corrected chi connectivity index (χ4v) is 12.7. The molecule has 0 radical (unpaired) electrons. The second-order valence-electron chi connectivity index (χ2n) is 20.1. The van der Waals surface area contributed by atoms with E-state index in [-0.39, 0.29) is 18.8 Å². The van der Waals surface area contributed by atoms with Gasteiger partial charge in [-0.15, -0.1) is 0 Å². The van der Waals surface area contributed by atoms with Crippen LogP contribution in [0.5, 0.6) is 0 Å². The summed E-state index contributed by atoms with van der Waals surface area (Å²) in [7, 11) is 0. The van der Waals surface area contributed by atoms with Crippen molar-refractivity contribution in [3.8, 4) is 0 Å². The molecule has 3 unspecified atom stereocenters. The van der Waals surface area contributed by atoms with Crippen molar-refractivity contribution >= 4 is 5.97 Å². The topological polar surface area (TPSA) is 115 Å². The van der Waals surface area contributed by atoms with Gasteiger partial charge in [0, 0.05) is 21.8 Å². The number of ether oxygens (including phenoxy) is 4. The molecule has 0 aromatic rings. The third-order valence-corrected chi connectivity index (χ3v) is 14.4. The van der Waals surface area contributed by atoms with Gasteiger partial charge in [0.05, 0.1) is 47.8 Å². The largest absolute Gasteiger partial charge is 0.456 e. The Morgan fingerprint density at radius 1 is 0.596 bits per heavy atom. The van der Waals surface area contributed by atoms with Crippen LogP contribution in [-0.4, -0.2) is 86.5 Å². The summed E-state index contributed by atoms with van der Waals surface area (Å²) in [4.78, 5) is 13.8. The molecule has 7 fully saturated rings. The second kappa shape index (κ2) is 12.9. The van der Waals surface area contributed by atoms with Gasteiger partial charge in [0.1, 0.15) is 5.60 Å². The van der Waals surface area contributed by atoms with Crippen LogP contribution < -0.4 is 0 Å². The van der Waals surface area contributed by atoms with E-state index in [1.165, 1.54) is 0 Å². The Bertz CT molecular complexity index is 1300. The normalized spacial score (nSPS) is 36.2. The van der Waals surface area contributed by atoms with Gasteiger partial charge in [-0.05, 0) is 119 Å². The fourth-order valence-electron chi connectivity index (χ4n) is 12.7. The zero-order valence-corrected chi connectivity index (χ0v) is 32.6. The van der Waals surface area contributed by atoms with E-state index in [9.17, 15) is 33.3 Å². The smallest absolute Gasteiger partial charge is 0.419 e. The van der Waals surface area contributed by atoms with Crippen molar-refractivity contribution in [3.05, 3.63) is 12.2 Å². The summed E-state index contributed by atoms with van der Waals surface area (Å²) in [6, 6.07) is 0. The summed E-state index contributed by atoms with van der Waals surface area (Å²) < 4.78 is 70.2. The van der Waals surface area contributed by atoms with Crippen LogP contribution in [0, 0.1) is 16.2 Å². The first-order chi connectivity index (χ1) is 23.8. The van der Waals surface area contributed by atoms with Gasteiger partial charge in [0.25, 0.3) is 0 Å². The van der Waals surface area contributed by atoms with Crippen molar-refractivity contribution in [2.75, 3.05) is 19.8 Å². The maximum absolute atomic E-state index is 14.2. The van der Waals surface area contributed by atoms with Gasteiger partial charge in [-0.2, -0.15) is 13.2 Å². The second-order valence-corrected chi connectivity index (χ2v) is 20.1. The van der Waals surface area contributed by atoms with Gasteiger partial charge >= 0.3 is 12.1 Å². The van der Waals surface area contributed by atoms with Crippen LogP contribution in [0.3, 0.4) is 0 Å². The van der Waals surface area contributed by atoms with Crippen molar-refractivity contribution in [2.45, 2.75) is 203 Å². The molecular formula is C41H65F3O8.